The molecule has 5 N–H and O–H groups in total. The van der Waals surface area contributed by atoms with E-state index in [0.717, 1.165) is 56.8 Å². The lowest BCUT2D eigenvalue weighted by atomic mass is 10.0. The van der Waals surface area contributed by atoms with Crippen LogP contribution < -0.4 is 31.5 Å². The number of alkyl halides is 2. The molecule has 0 unspecified atom stereocenters. The van der Waals surface area contributed by atoms with Gasteiger partial charge in [0.1, 0.15) is 0 Å². The first-order valence-corrected chi connectivity index (χ1v) is 15.6. The SMILES string of the molecule is CC(=O)N(C)c1ccc(NCC2CCOCC2)c(N)c1.CC(=O)N(C)c1ccc(NCC2CCOCC2)c(NC(=O)C(C)(F)F)c1. The first-order chi connectivity index (χ1) is 21.8. The molecular formula is C33H48F2N6O5. The molecule has 2 fully saturated rings. The molecule has 11 nitrogen and oxygen atoms in total. The van der Waals surface area contributed by atoms with Crippen LogP contribution >= 0.6 is 0 Å². The number of anilines is 6. The van der Waals surface area contributed by atoms with Crippen LogP contribution in [-0.2, 0) is 23.9 Å². The van der Waals surface area contributed by atoms with Crippen LogP contribution in [0.4, 0.5) is 42.9 Å². The van der Waals surface area contributed by atoms with Crippen LogP contribution in [0, 0.1) is 11.8 Å². The molecule has 254 valence electrons. The van der Waals surface area contributed by atoms with Gasteiger partial charge in [0, 0.05) is 85.8 Å². The Balaban J connectivity index is 0.000000259. The second kappa shape index (κ2) is 17.1. The zero-order valence-corrected chi connectivity index (χ0v) is 27.5. The van der Waals surface area contributed by atoms with E-state index in [1.807, 2.05) is 18.2 Å². The van der Waals surface area contributed by atoms with Crippen molar-refractivity contribution < 1.29 is 32.6 Å². The van der Waals surface area contributed by atoms with Crippen molar-refractivity contribution in [2.75, 3.05) is 85.1 Å². The Labute approximate surface area is 270 Å². The number of halogens is 2. The van der Waals surface area contributed by atoms with Gasteiger partial charge in [0.05, 0.1) is 22.7 Å². The van der Waals surface area contributed by atoms with E-state index in [1.54, 1.807) is 31.1 Å². The molecule has 2 aromatic rings. The number of hydrogen-bond acceptors (Lipinski definition) is 8. The third-order valence-corrected chi connectivity index (χ3v) is 8.25. The van der Waals surface area contributed by atoms with Crippen molar-refractivity contribution in [3.05, 3.63) is 36.4 Å². The topological polar surface area (TPSA) is 138 Å². The summed E-state index contributed by atoms with van der Waals surface area (Å²) in [5.74, 6) is -4.05. The van der Waals surface area contributed by atoms with E-state index in [-0.39, 0.29) is 17.5 Å². The smallest absolute Gasteiger partial charge is 0.322 e. The number of ether oxygens (including phenoxy) is 2. The van der Waals surface area contributed by atoms with Gasteiger partial charge in [-0.2, -0.15) is 8.78 Å². The zero-order valence-electron chi connectivity index (χ0n) is 27.5. The number of nitrogens with two attached hydrogens (primary N) is 1. The predicted octanol–water partition coefficient (Wildman–Crippen LogP) is 5.19. The highest BCUT2D eigenvalue weighted by Gasteiger charge is 2.33. The lowest BCUT2D eigenvalue weighted by molar-refractivity contribution is -0.137. The van der Waals surface area contributed by atoms with Gasteiger partial charge in [0.15, 0.2) is 0 Å². The van der Waals surface area contributed by atoms with Gasteiger partial charge in [-0.1, -0.05) is 0 Å². The van der Waals surface area contributed by atoms with E-state index in [9.17, 15) is 23.2 Å². The van der Waals surface area contributed by atoms with Crippen LogP contribution in [0.5, 0.6) is 0 Å². The summed E-state index contributed by atoms with van der Waals surface area (Å²) < 4.78 is 37.2. The molecule has 0 spiro atoms. The van der Waals surface area contributed by atoms with Crippen molar-refractivity contribution in [2.45, 2.75) is 52.4 Å². The van der Waals surface area contributed by atoms with Gasteiger partial charge in [-0.3, -0.25) is 14.4 Å². The molecule has 3 amide bonds. The molecule has 2 aromatic carbocycles. The van der Waals surface area contributed by atoms with E-state index in [4.69, 9.17) is 15.2 Å². The van der Waals surface area contributed by atoms with E-state index < -0.39 is 11.8 Å². The molecule has 46 heavy (non-hydrogen) atoms. The second-order valence-corrected chi connectivity index (χ2v) is 11.9. The summed E-state index contributed by atoms with van der Waals surface area (Å²) in [5, 5.41) is 8.87. The summed E-state index contributed by atoms with van der Waals surface area (Å²) in [6.07, 6.45) is 4.04. The first kappa shape index (κ1) is 36.5. The summed E-state index contributed by atoms with van der Waals surface area (Å²) >= 11 is 0. The largest absolute Gasteiger partial charge is 0.397 e. The Morgan fingerprint density at radius 3 is 1.65 bits per heavy atom. The fourth-order valence-electron chi connectivity index (χ4n) is 4.92. The first-order valence-electron chi connectivity index (χ1n) is 15.6. The average molecular weight is 647 g/mol. The Hall–Kier alpha value is -3.97. The van der Waals surface area contributed by atoms with Crippen LogP contribution in [0.3, 0.4) is 0 Å². The van der Waals surface area contributed by atoms with Gasteiger partial charge >= 0.3 is 5.92 Å². The van der Waals surface area contributed by atoms with Crippen LogP contribution in [0.2, 0.25) is 0 Å². The Bertz CT molecular complexity index is 1330. The number of nitrogens with zero attached hydrogens (tertiary/aromatic N) is 2. The van der Waals surface area contributed by atoms with Gasteiger partial charge in [0.25, 0.3) is 5.91 Å². The molecule has 2 aliphatic rings. The van der Waals surface area contributed by atoms with Gasteiger partial charge in [-0.25, -0.2) is 0 Å². The maximum absolute atomic E-state index is 13.3. The quantitative estimate of drug-likeness (QED) is 0.259. The molecule has 13 heteroatoms. The lowest BCUT2D eigenvalue weighted by Crippen LogP contribution is -2.32. The molecule has 2 aliphatic heterocycles. The zero-order chi connectivity index (χ0) is 33.9. The van der Waals surface area contributed by atoms with Crippen molar-refractivity contribution >= 4 is 51.8 Å². The summed E-state index contributed by atoms with van der Waals surface area (Å²) in [6.45, 7) is 8.16. The number of benzene rings is 2. The van der Waals surface area contributed by atoms with Crippen LogP contribution in [0.15, 0.2) is 36.4 Å². The van der Waals surface area contributed by atoms with Crippen molar-refractivity contribution in [3.8, 4) is 0 Å². The number of carbonyl (C=O) groups excluding carboxylic acids is 3. The van der Waals surface area contributed by atoms with Crippen LogP contribution in [0.1, 0.15) is 46.5 Å². The maximum Gasteiger partial charge on any atom is 0.322 e. The Kier molecular flexibility index (Phi) is 13.6. The van der Waals surface area contributed by atoms with Crippen LogP contribution in [0.25, 0.3) is 0 Å². The third-order valence-electron chi connectivity index (χ3n) is 8.25. The predicted molar refractivity (Wildman–Crippen MR) is 179 cm³/mol. The average Bonchev–Trinajstić information content (AvgIpc) is 3.03. The number of amides is 3. The second-order valence-electron chi connectivity index (χ2n) is 11.9. The minimum absolute atomic E-state index is 0.00712. The minimum Gasteiger partial charge on any atom is -0.397 e. The number of carbonyl (C=O) groups is 3. The monoisotopic (exact) mass is 646 g/mol. The molecule has 0 saturated carbocycles. The van der Waals surface area contributed by atoms with Crippen molar-refractivity contribution in [1.29, 1.82) is 0 Å². The van der Waals surface area contributed by atoms with E-state index in [1.165, 1.54) is 24.8 Å². The molecule has 0 aromatic heterocycles. The maximum atomic E-state index is 13.3. The highest BCUT2D eigenvalue weighted by molar-refractivity contribution is 6.00. The summed E-state index contributed by atoms with van der Waals surface area (Å²) in [7, 11) is 3.32. The molecule has 0 bridgehead atoms. The molecule has 0 atom stereocenters. The standard InChI is InChI=1S/C18H25F2N3O3.C15H23N3O2/c1-12(24)23(3)14-4-5-15(21-11-13-6-8-26-9-7-13)16(10-14)22-17(25)18(2,19)20;1-11(19)18(2)13-3-4-15(14(16)9-13)17-10-12-5-7-20-8-6-12/h4-5,10,13,21H,6-9,11H2,1-3H3,(H,22,25);3-4,9,12,17H,5-8,10,16H2,1-2H3. The van der Waals surface area contributed by atoms with Crippen molar-refractivity contribution in [3.63, 3.8) is 0 Å². The van der Waals surface area contributed by atoms with Gasteiger partial charge < -0.3 is 41.0 Å². The van der Waals surface area contributed by atoms with Crippen LogP contribution in [-0.4, -0.2) is 77.3 Å². The number of hydrogen-bond donors (Lipinski definition) is 4. The summed E-state index contributed by atoms with van der Waals surface area (Å²) in [5.41, 5.74) is 9.72. The molecule has 0 radical (unpaired) electrons. The highest BCUT2D eigenvalue weighted by Crippen LogP contribution is 2.30. The molecule has 2 saturated heterocycles. The molecule has 4 rings (SSSR count). The minimum atomic E-state index is -3.50. The number of rotatable bonds is 10. The summed E-state index contributed by atoms with van der Waals surface area (Å²) in [6, 6.07) is 10.6. The van der Waals surface area contributed by atoms with Crippen molar-refractivity contribution in [1.82, 2.24) is 0 Å². The third kappa shape index (κ3) is 11.1. The Morgan fingerprint density at radius 2 is 1.22 bits per heavy atom. The molecular weight excluding hydrogens is 598 g/mol. The Morgan fingerprint density at radius 1 is 0.783 bits per heavy atom. The molecule has 2 heterocycles. The van der Waals surface area contributed by atoms with Crippen molar-refractivity contribution in [2.24, 2.45) is 11.8 Å². The van der Waals surface area contributed by atoms with Gasteiger partial charge in [-0.15, -0.1) is 0 Å². The highest BCUT2D eigenvalue weighted by atomic mass is 19.3. The van der Waals surface area contributed by atoms with E-state index in [0.29, 0.717) is 55.6 Å². The lowest BCUT2D eigenvalue weighted by Gasteiger charge is -2.24. The fourth-order valence-corrected chi connectivity index (χ4v) is 4.92. The van der Waals surface area contributed by atoms with E-state index >= 15 is 0 Å². The van der Waals surface area contributed by atoms with E-state index in [2.05, 4.69) is 16.0 Å². The molecule has 0 aliphatic carbocycles. The number of nitrogens with one attached hydrogen (secondary N) is 3. The fraction of sp³-hybridized carbons (Fsp3) is 0.545. The normalized spacial score (nSPS) is 15.6. The summed E-state index contributed by atoms with van der Waals surface area (Å²) in [4.78, 5) is 37.6. The van der Waals surface area contributed by atoms with Gasteiger partial charge in [-0.05, 0) is 73.9 Å². The number of nitrogen functional groups attached to an aromatic ring is 1. The van der Waals surface area contributed by atoms with Gasteiger partial charge in [0.2, 0.25) is 11.8 Å².